The Morgan fingerprint density at radius 3 is 2.79 bits per heavy atom. The van der Waals surface area contributed by atoms with E-state index in [2.05, 4.69) is 25.2 Å². The molecule has 0 bridgehead atoms. The minimum Gasteiger partial charge on any atom is -0.467 e. The van der Waals surface area contributed by atoms with Crippen LogP contribution in [0.5, 0.6) is 6.01 Å². The van der Waals surface area contributed by atoms with Crippen molar-refractivity contribution in [2.24, 2.45) is 0 Å². The maximum Gasteiger partial charge on any atom is 0.322 e. The number of hydrogen-bond acceptors (Lipinski definition) is 6. The van der Waals surface area contributed by atoms with Crippen molar-refractivity contribution < 1.29 is 4.74 Å². The molecule has 0 spiro atoms. The third-order valence-electron chi connectivity index (χ3n) is 3.58. The second-order valence-corrected chi connectivity index (χ2v) is 5.41. The van der Waals surface area contributed by atoms with E-state index < -0.39 is 0 Å². The first kappa shape index (κ1) is 12.9. The smallest absolute Gasteiger partial charge is 0.322 e. The third-order valence-corrected chi connectivity index (χ3v) is 3.75. The first-order chi connectivity index (χ1) is 9.26. The van der Waals surface area contributed by atoms with E-state index in [9.17, 15) is 0 Å². The van der Waals surface area contributed by atoms with Crippen LogP contribution in [-0.4, -0.2) is 47.2 Å². The lowest BCUT2D eigenvalue weighted by Crippen LogP contribution is -2.39. The number of halogens is 1. The van der Waals surface area contributed by atoms with Crippen molar-refractivity contribution in [3.8, 4) is 6.01 Å². The fraction of sp³-hybridized carbons (Fsp3) is 0.750. The number of hydrogen-bond donors (Lipinski definition) is 1. The molecule has 104 valence electrons. The van der Waals surface area contributed by atoms with Gasteiger partial charge in [0, 0.05) is 18.6 Å². The van der Waals surface area contributed by atoms with Gasteiger partial charge in [-0.2, -0.15) is 15.0 Å². The van der Waals surface area contributed by atoms with Gasteiger partial charge in [0.25, 0.3) is 0 Å². The van der Waals surface area contributed by atoms with Crippen LogP contribution in [0.25, 0.3) is 0 Å². The lowest BCUT2D eigenvalue weighted by molar-refractivity contribution is 0.377. The van der Waals surface area contributed by atoms with Gasteiger partial charge in [-0.3, -0.25) is 0 Å². The van der Waals surface area contributed by atoms with Crippen LogP contribution in [0.4, 0.5) is 5.95 Å². The zero-order chi connectivity index (χ0) is 13.2. The molecule has 2 aliphatic rings. The summed E-state index contributed by atoms with van der Waals surface area (Å²) in [5.41, 5.74) is 0. The molecule has 1 aliphatic carbocycles. The fourth-order valence-corrected chi connectivity index (χ4v) is 2.62. The summed E-state index contributed by atoms with van der Waals surface area (Å²) in [7, 11) is 1.54. The standard InChI is InChI=1S/C12H18ClN5O/c1-19-12-16-10(13)15-11(17-12)18(9-4-5-9)7-8-3-2-6-14-8/h8-9,14H,2-7H2,1H3. The molecule has 19 heavy (non-hydrogen) atoms. The Kier molecular flexibility index (Phi) is 3.70. The summed E-state index contributed by atoms with van der Waals surface area (Å²) in [5.74, 6) is 0.632. The number of methoxy groups -OCH3 is 1. The Balaban J connectivity index is 1.80. The largest absolute Gasteiger partial charge is 0.467 e. The molecule has 0 aromatic carbocycles. The average molecular weight is 284 g/mol. The second-order valence-electron chi connectivity index (χ2n) is 5.07. The van der Waals surface area contributed by atoms with Crippen molar-refractivity contribution >= 4 is 17.5 Å². The highest BCUT2D eigenvalue weighted by Gasteiger charge is 2.33. The zero-order valence-corrected chi connectivity index (χ0v) is 11.7. The molecule has 1 aromatic rings. The van der Waals surface area contributed by atoms with Crippen molar-refractivity contribution in [2.45, 2.75) is 37.8 Å². The van der Waals surface area contributed by atoms with Gasteiger partial charge in [0.05, 0.1) is 7.11 Å². The summed E-state index contributed by atoms with van der Waals surface area (Å²) in [6.07, 6.45) is 4.83. The Morgan fingerprint density at radius 2 is 2.16 bits per heavy atom. The first-order valence-electron chi connectivity index (χ1n) is 6.72. The highest BCUT2D eigenvalue weighted by Crippen LogP contribution is 2.31. The van der Waals surface area contributed by atoms with Crippen molar-refractivity contribution in [1.29, 1.82) is 0 Å². The predicted molar refractivity (Wildman–Crippen MR) is 72.8 cm³/mol. The molecule has 1 N–H and O–H groups in total. The summed E-state index contributed by atoms with van der Waals surface area (Å²) < 4.78 is 5.07. The first-order valence-corrected chi connectivity index (χ1v) is 7.09. The van der Waals surface area contributed by atoms with Gasteiger partial charge in [-0.05, 0) is 43.8 Å². The molecule has 7 heteroatoms. The van der Waals surface area contributed by atoms with Crippen LogP contribution in [0.2, 0.25) is 5.28 Å². The molecule has 1 aliphatic heterocycles. The van der Waals surface area contributed by atoms with Gasteiger partial charge in [-0.1, -0.05) is 0 Å². The molecular weight excluding hydrogens is 266 g/mol. The average Bonchev–Trinajstić information content (AvgIpc) is 3.12. The van der Waals surface area contributed by atoms with E-state index in [4.69, 9.17) is 16.3 Å². The number of rotatable bonds is 5. The van der Waals surface area contributed by atoms with E-state index in [0.717, 1.165) is 13.1 Å². The summed E-state index contributed by atoms with van der Waals surface area (Å²) in [4.78, 5) is 14.7. The number of nitrogens with one attached hydrogen (secondary N) is 1. The molecule has 1 aromatic heterocycles. The van der Waals surface area contributed by atoms with Crippen LogP contribution in [0.3, 0.4) is 0 Å². The summed E-state index contributed by atoms with van der Waals surface area (Å²) in [6.45, 7) is 2.03. The Morgan fingerprint density at radius 1 is 1.32 bits per heavy atom. The van der Waals surface area contributed by atoms with Crippen LogP contribution in [0, 0.1) is 0 Å². The van der Waals surface area contributed by atoms with Crippen LogP contribution in [0.1, 0.15) is 25.7 Å². The van der Waals surface area contributed by atoms with Gasteiger partial charge in [0.1, 0.15) is 0 Å². The van der Waals surface area contributed by atoms with Gasteiger partial charge < -0.3 is 15.0 Å². The minimum atomic E-state index is 0.187. The molecule has 6 nitrogen and oxygen atoms in total. The Bertz CT molecular complexity index is 448. The van der Waals surface area contributed by atoms with E-state index in [1.165, 1.54) is 32.8 Å². The summed E-state index contributed by atoms with van der Waals surface area (Å²) in [6, 6.07) is 1.33. The summed E-state index contributed by atoms with van der Waals surface area (Å²) in [5, 5.41) is 3.69. The van der Waals surface area contributed by atoms with Crippen LogP contribution in [-0.2, 0) is 0 Å². The highest BCUT2D eigenvalue weighted by atomic mass is 35.5. The van der Waals surface area contributed by atoms with Gasteiger partial charge in [0.15, 0.2) is 0 Å². The molecule has 1 unspecified atom stereocenters. The third kappa shape index (κ3) is 3.06. The minimum absolute atomic E-state index is 0.187. The van der Waals surface area contributed by atoms with E-state index in [1.807, 2.05) is 0 Å². The van der Waals surface area contributed by atoms with Gasteiger partial charge in [-0.15, -0.1) is 0 Å². The van der Waals surface area contributed by atoms with E-state index >= 15 is 0 Å². The number of ether oxygens (including phenoxy) is 1. The molecule has 2 fully saturated rings. The maximum atomic E-state index is 5.93. The van der Waals surface area contributed by atoms with Crippen molar-refractivity contribution in [1.82, 2.24) is 20.3 Å². The maximum absolute atomic E-state index is 5.93. The Labute approximate surface area is 117 Å². The molecule has 1 saturated heterocycles. The van der Waals surface area contributed by atoms with Crippen molar-refractivity contribution in [2.75, 3.05) is 25.1 Å². The van der Waals surface area contributed by atoms with E-state index in [0.29, 0.717) is 18.0 Å². The molecule has 1 saturated carbocycles. The number of nitrogens with zero attached hydrogens (tertiary/aromatic N) is 4. The predicted octanol–water partition coefficient (Wildman–Crippen LogP) is 1.25. The van der Waals surface area contributed by atoms with Crippen LogP contribution >= 0.6 is 11.6 Å². The normalized spacial score (nSPS) is 22.5. The van der Waals surface area contributed by atoms with Crippen molar-refractivity contribution in [3.05, 3.63) is 5.28 Å². The molecule has 1 atom stereocenters. The van der Waals surface area contributed by atoms with Gasteiger partial charge in [0.2, 0.25) is 11.2 Å². The van der Waals surface area contributed by atoms with Crippen molar-refractivity contribution in [3.63, 3.8) is 0 Å². The molecule has 3 rings (SSSR count). The SMILES string of the molecule is COc1nc(Cl)nc(N(CC2CCCN2)C2CC2)n1. The molecular formula is C12H18ClN5O. The van der Waals surface area contributed by atoms with Crippen LogP contribution < -0.4 is 15.0 Å². The lowest BCUT2D eigenvalue weighted by atomic mass is 10.2. The monoisotopic (exact) mass is 283 g/mol. The Hall–Kier alpha value is -1.14. The molecule has 0 radical (unpaired) electrons. The topological polar surface area (TPSA) is 63.2 Å². The highest BCUT2D eigenvalue weighted by molar-refractivity contribution is 6.28. The molecule has 2 heterocycles. The summed E-state index contributed by atoms with van der Waals surface area (Å²) >= 11 is 5.93. The van der Waals surface area contributed by atoms with Gasteiger partial charge in [-0.25, -0.2) is 0 Å². The second kappa shape index (κ2) is 5.46. The van der Waals surface area contributed by atoms with E-state index in [-0.39, 0.29) is 11.3 Å². The molecule has 0 amide bonds. The number of aromatic nitrogens is 3. The van der Waals surface area contributed by atoms with Crippen LogP contribution in [0.15, 0.2) is 0 Å². The van der Waals surface area contributed by atoms with Gasteiger partial charge >= 0.3 is 6.01 Å². The lowest BCUT2D eigenvalue weighted by Gasteiger charge is -2.25. The fourth-order valence-electron chi connectivity index (χ4n) is 2.47. The zero-order valence-electron chi connectivity index (χ0n) is 11.0. The number of anilines is 1. The quantitative estimate of drug-likeness (QED) is 0.878. The van der Waals surface area contributed by atoms with E-state index in [1.54, 1.807) is 0 Å².